The summed E-state index contributed by atoms with van der Waals surface area (Å²) in [4.78, 5) is 13.6. The van der Waals surface area contributed by atoms with E-state index in [9.17, 15) is 4.79 Å². The van der Waals surface area contributed by atoms with Crippen LogP contribution in [0.4, 0.5) is 4.79 Å². The van der Waals surface area contributed by atoms with E-state index in [1.165, 1.54) is 6.42 Å². The van der Waals surface area contributed by atoms with Gasteiger partial charge in [0.25, 0.3) is 0 Å². The molecule has 0 aliphatic carbocycles. The third-order valence-electron chi connectivity index (χ3n) is 3.25. The highest BCUT2D eigenvalue weighted by molar-refractivity contribution is 5.68. The van der Waals surface area contributed by atoms with Crippen molar-refractivity contribution < 1.29 is 9.53 Å². The fourth-order valence-electron chi connectivity index (χ4n) is 2.06. The molecular formula is C11H21NO2. The minimum atomic E-state index is -0.142. The highest BCUT2D eigenvalue weighted by Gasteiger charge is 2.36. The number of likely N-dealkylation sites (tertiary alicyclic amines) is 1. The third-order valence-corrected chi connectivity index (χ3v) is 3.25. The summed E-state index contributed by atoms with van der Waals surface area (Å²) in [5.41, 5.74) is 0.0184. The molecule has 14 heavy (non-hydrogen) atoms. The van der Waals surface area contributed by atoms with Gasteiger partial charge in [0.2, 0.25) is 0 Å². The first-order valence-corrected chi connectivity index (χ1v) is 5.58. The molecule has 1 rings (SSSR count). The predicted molar refractivity (Wildman–Crippen MR) is 56.3 cm³/mol. The molecule has 1 heterocycles. The zero-order valence-electron chi connectivity index (χ0n) is 9.51. The summed E-state index contributed by atoms with van der Waals surface area (Å²) >= 11 is 0. The number of piperidine rings is 1. The van der Waals surface area contributed by atoms with E-state index >= 15 is 0 Å². The van der Waals surface area contributed by atoms with Gasteiger partial charge in [-0.1, -0.05) is 6.92 Å². The first kappa shape index (κ1) is 11.3. The molecule has 0 radical (unpaired) electrons. The second-order valence-corrected chi connectivity index (χ2v) is 4.16. The summed E-state index contributed by atoms with van der Waals surface area (Å²) in [6.07, 6.45) is 4.29. The van der Waals surface area contributed by atoms with Crippen molar-refractivity contribution >= 4 is 6.09 Å². The third kappa shape index (κ3) is 2.20. The first-order chi connectivity index (χ1) is 6.64. The van der Waals surface area contributed by atoms with E-state index in [0.717, 1.165) is 25.8 Å². The van der Waals surface area contributed by atoms with E-state index in [1.807, 2.05) is 11.8 Å². The van der Waals surface area contributed by atoms with Gasteiger partial charge in [-0.25, -0.2) is 4.79 Å². The van der Waals surface area contributed by atoms with Crippen molar-refractivity contribution in [1.82, 2.24) is 4.90 Å². The van der Waals surface area contributed by atoms with Crippen LogP contribution in [0.25, 0.3) is 0 Å². The van der Waals surface area contributed by atoms with Crippen LogP contribution in [0.1, 0.15) is 46.5 Å². The monoisotopic (exact) mass is 199 g/mol. The predicted octanol–water partition coefficient (Wildman–Crippen LogP) is 2.80. The van der Waals surface area contributed by atoms with Crippen molar-refractivity contribution in [3.63, 3.8) is 0 Å². The smallest absolute Gasteiger partial charge is 0.410 e. The van der Waals surface area contributed by atoms with Crippen LogP contribution in [0.15, 0.2) is 0 Å². The maximum atomic E-state index is 11.7. The number of carbonyl (C=O) groups excluding carboxylic acids is 1. The van der Waals surface area contributed by atoms with Crippen molar-refractivity contribution in [3.05, 3.63) is 0 Å². The molecule has 1 amide bonds. The Hall–Kier alpha value is -0.730. The molecule has 1 saturated heterocycles. The minimum absolute atomic E-state index is 0.0184. The molecule has 1 fully saturated rings. The fraction of sp³-hybridized carbons (Fsp3) is 0.909. The van der Waals surface area contributed by atoms with E-state index in [1.54, 1.807) is 0 Å². The lowest BCUT2D eigenvalue weighted by Crippen LogP contribution is -2.52. The van der Waals surface area contributed by atoms with Gasteiger partial charge < -0.3 is 9.64 Å². The first-order valence-electron chi connectivity index (χ1n) is 5.58. The van der Waals surface area contributed by atoms with Crippen LogP contribution >= 0.6 is 0 Å². The largest absolute Gasteiger partial charge is 0.450 e. The van der Waals surface area contributed by atoms with Gasteiger partial charge in [0, 0.05) is 12.1 Å². The Morgan fingerprint density at radius 3 is 2.71 bits per heavy atom. The number of hydrogen-bond acceptors (Lipinski definition) is 2. The summed E-state index contributed by atoms with van der Waals surface area (Å²) in [6.45, 7) is 7.46. The summed E-state index contributed by atoms with van der Waals surface area (Å²) in [6, 6.07) is 0. The number of hydrogen-bond donors (Lipinski definition) is 0. The lowest BCUT2D eigenvalue weighted by Gasteiger charge is -2.43. The van der Waals surface area contributed by atoms with Crippen LogP contribution in [-0.4, -0.2) is 29.7 Å². The number of carbonyl (C=O) groups is 1. The molecule has 3 heteroatoms. The van der Waals surface area contributed by atoms with E-state index in [0.29, 0.717) is 6.61 Å². The minimum Gasteiger partial charge on any atom is -0.450 e. The average Bonchev–Trinajstić information content (AvgIpc) is 2.19. The van der Waals surface area contributed by atoms with Crippen LogP contribution < -0.4 is 0 Å². The lowest BCUT2D eigenvalue weighted by atomic mass is 9.86. The maximum absolute atomic E-state index is 11.7. The van der Waals surface area contributed by atoms with Crippen molar-refractivity contribution in [1.29, 1.82) is 0 Å². The molecule has 0 saturated carbocycles. The van der Waals surface area contributed by atoms with E-state index < -0.39 is 0 Å². The van der Waals surface area contributed by atoms with Gasteiger partial charge in [0.05, 0.1) is 6.61 Å². The fourth-order valence-corrected chi connectivity index (χ4v) is 2.06. The van der Waals surface area contributed by atoms with Crippen LogP contribution in [0.2, 0.25) is 0 Å². The summed E-state index contributed by atoms with van der Waals surface area (Å²) in [7, 11) is 0. The molecule has 0 bridgehead atoms. The van der Waals surface area contributed by atoms with Gasteiger partial charge in [-0.15, -0.1) is 0 Å². The average molecular weight is 199 g/mol. The van der Waals surface area contributed by atoms with Crippen LogP contribution in [-0.2, 0) is 4.74 Å². The van der Waals surface area contributed by atoms with Gasteiger partial charge in [-0.3, -0.25) is 0 Å². The second-order valence-electron chi connectivity index (χ2n) is 4.16. The van der Waals surface area contributed by atoms with Gasteiger partial charge >= 0.3 is 6.09 Å². The molecule has 1 aliphatic heterocycles. The topological polar surface area (TPSA) is 29.5 Å². The number of amides is 1. The van der Waals surface area contributed by atoms with E-state index in [4.69, 9.17) is 4.74 Å². The molecule has 82 valence electrons. The van der Waals surface area contributed by atoms with Crippen molar-refractivity contribution in [2.24, 2.45) is 0 Å². The molecule has 1 aliphatic rings. The molecule has 1 unspecified atom stereocenters. The Morgan fingerprint density at radius 2 is 2.14 bits per heavy atom. The lowest BCUT2D eigenvalue weighted by molar-refractivity contribution is 0.0357. The van der Waals surface area contributed by atoms with Gasteiger partial charge in [-0.2, -0.15) is 0 Å². The summed E-state index contributed by atoms with van der Waals surface area (Å²) < 4.78 is 5.07. The molecule has 1 atom stereocenters. The summed E-state index contributed by atoms with van der Waals surface area (Å²) in [5, 5.41) is 0. The highest BCUT2D eigenvalue weighted by atomic mass is 16.6. The van der Waals surface area contributed by atoms with Gasteiger partial charge in [0.1, 0.15) is 0 Å². The Labute approximate surface area is 86.4 Å². The molecule has 0 aromatic carbocycles. The van der Waals surface area contributed by atoms with Crippen LogP contribution in [0, 0.1) is 0 Å². The molecular weight excluding hydrogens is 178 g/mol. The van der Waals surface area contributed by atoms with Gasteiger partial charge in [0.15, 0.2) is 0 Å². The highest BCUT2D eigenvalue weighted by Crippen LogP contribution is 2.31. The standard InChI is InChI=1S/C11H21NO2/c1-4-11(3)8-6-7-9-12(11)10(13)14-5-2/h4-9H2,1-3H3. The maximum Gasteiger partial charge on any atom is 0.410 e. The van der Waals surface area contributed by atoms with Crippen molar-refractivity contribution in [2.45, 2.75) is 52.0 Å². The number of ether oxygens (including phenoxy) is 1. The Balaban J connectivity index is 2.67. The molecule has 0 N–H and O–H groups in total. The Bertz CT molecular complexity index is 205. The number of nitrogens with zero attached hydrogens (tertiary/aromatic N) is 1. The quantitative estimate of drug-likeness (QED) is 0.684. The SMILES string of the molecule is CCOC(=O)N1CCCCC1(C)CC. The van der Waals surface area contributed by atoms with Crippen LogP contribution in [0.5, 0.6) is 0 Å². The second kappa shape index (κ2) is 4.67. The van der Waals surface area contributed by atoms with Crippen LogP contribution in [0.3, 0.4) is 0 Å². The molecule has 0 aromatic heterocycles. The zero-order valence-corrected chi connectivity index (χ0v) is 9.51. The van der Waals surface area contributed by atoms with E-state index in [-0.39, 0.29) is 11.6 Å². The van der Waals surface area contributed by atoms with Gasteiger partial charge in [-0.05, 0) is 39.5 Å². The molecule has 0 spiro atoms. The van der Waals surface area contributed by atoms with Crippen molar-refractivity contribution in [3.8, 4) is 0 Å². The Morgan fingerprint density at radius 1 is 1.43 bits per heavy atom. The molecule has 3 nitrogen and oxygen atoms in total. The Kier molecular flexibility index (Phi) is 3.78. The number of rotatable bonds is 2. The zero-order chi connectivity index (χ0) is 10.6. The van der Waals surface area contributed by atoms with Crippen molar-refractivity contribution in [2.75, 3.05) is 13.2 Å². The normalized spacial score (nSPS) is 27.5. The summed E-state index contributed by atoms with van der Waals surface area (Å²) in [5.74, 6) is 0. The molecule has 0 aromatic rings. The van der Waals surface area contributed by atoms with E-state index in [2.05, 4.69) is 13.8 Å².